The summed E-state index contributed by atoms with van der Waals surface area (Å²) in [5.74, 6) is -0.700. The largest absolute Gasteiger partial charge is 0.469 e. The van der Waals surface area contributed by atoms with Crippen molar-refractivity contribution in [1.82, 2.24) is 0 Å². The quantitative estimate of drug-likeness (QED) is 0.689. The molecule has 1 aliphatic carbocycles. The van der Waals surface area contributed by atoms with Crippen LogP contribution in [0.5, 0.6) is 0 Å². The minimum atomic E-state index is -0.413. The van der Waals surface area contributed by atoms with Gasteiger partial charge in [-0.3, -0.25) is 9.59 Å². The molecule has 1 atom stereocenters. The van der Waals surface area contributed by atoms with E-state index < -0.39 is 5.92 Å². The first kappa shape index (κ1) is 10.2. The Labute approximate surface area is 91.1 Å². The van der Waals surface area contributed by atoms with Gasteiger partial charge in [-0.2, -0.15) is 0 Å². The van der Waals surface area contributed by atoms with E-state index in [-0.39, 0.29) is 29.2 Å². The van der Waals surface area contributed by atoms with E-state index in [1.54, 1.807) is 6.07 Å². The average molecular weight is 229 g/mol. The van der Waals surface area contributed by atoms with Gasteiger partial charge in [0, 0.05) is 12.0 Å². The lowest BCUT2D eigenvalue weighted by molar-refractivity contribution is -0.145. The van der Waals surface area contributed by atoms with Crippen LogP contribution in [0.2, 0.25) is 5.22 Å². The number of halogens is 1. The summed E-state index contributed by atoms with van der Waals surface area (Å²) < 4.78 is 9.65. The molecule has 0 fully saturated rings. The molecular weight excluding hydrogens is 220 g/mol. The van der Waals surface area contributed by atoms with Crippen LogP contribution < -0.4 is 0 Å². The van der Waals surface area contributed by atoms with Crippen LogP contribution in [0, 0.1) is 5.92 Å². The maximum absolute atomic E-state index is 11.6. The molecule has 1 aromatic rings. The fraction of sp³-hybridized carbons (Fsp3) is 0.400. The Balaban J connectivity index is 2.30. The molecule has 1 aliphatic rings. The second kappa shape index (κ2) is 3.70. The summed E-state index contributed by atoms with van der Waals surface area (Å²) in [7, 11) is 1.31. The fourth-order valence-electron chi connectivity index (χ4n) is 1.77. The number of methoxy groups -OCH3 is 1. The number of ether oxygens (including phenoxy) is 1. The van der Waals surface area contributed by atoms with E-state index in [1.807, 2.05) is 0 Å². The van der Waals surface area contributed by atoms with E-state index in [9.17, 15) is 9.59 Å². The number of ketones is 1. The third kappa shape index (κ3) is 1.77. The first-order valence-corrected chi connectivity index (χ1v) is 4.89. The van der Waals surface area contributed by atoms with Crippen molar-refractivity contribution >= 4 is 23.4 Å². The number of hydrogen-bond acceptors (Lipinski definition) is 4. The highest BCUT2D eigenvalue weighted by molar-refractivity contribution is 6.29. The van der Waals surface area contributed by atoms with Gasteiger partial charge in [0.05, 0.1) is 13.0 Å². The smallest absolute Gasteiger partial charge is 0.309 e. The number of furan rings is 1. The summed E-state index contributed by atoms with van der Waals surface area (Å²) in [6.07, 6.45) is 0.577. The average Bonchev–Trinajstić information content (AvgIpc) is 2.58. The predicted octanol–water partition coefficient (Wildman–Crippen LogP) is 1.85. The van der Waals surface area contributed by atoms with Gasteiger partial charge in [-0.25, -0.2) is 0 Å². The van der Waals surface area contributed by atoms with Crippen LogP contribution in [-0.4, -0.2) is 18.9 Å². The van der Waals surface area contributed by atoms with E-state index >= 15 is 0 Å². The number of rotatable bonds is 1. The lowest BCUT2D eigenvalue weighted by Gasteiger charge is -2.17. The highest BCUT2D eigenvalue weighted by atomic mass is 35.5. The molecule has 0 amide bonds. The molecule has 0 spiro atoms. The minimum absolute atomic E-state index is 0.128. The lowest BCUT2D eigenvalue weighted by atomic mass is 9.87. The van der Waals surface area contributed by atoms with E-state index in [2.05, 4.69) is 4.74 Å². The van der Waals surface area contributed by atoms with Crippen LogP contribution >= 0.6 is 11.6 Å². The Morgan fingerprint density at radius 1 is 1.60 bits per heavy atom. The third-order valence-electron chi connectivity index (χ3n) is 2.46. The summed E-state index contributed by atoms with van der Waals surface area (Å²) in [5, 5.41) is 0.180. The molecule has 1 aromatic heterocycles. The molecule has 4 nitrogen and oxygen atoms in total. The number of hydrogen-bond donors (Lipinski definition) is 0. The Morgan fingerprint density at radius 3 is 3.00 bits per heavy atom. The summed E-state index contributed by atoms with van der Waals surface area (Å²) in [6.45, 7) is 0. The zero-order chi connectivity index (χ0) is 11.0. The fourth-order valence-corrected chi connectivity index (χ4v) is 1.98. The number of esters is 1. The van der Waals surface area contributed by atoms with Gasteiger partial charge in [0.25, 0.3) is 0 Å². The van der Waals surface area contributed by atoms with Gasteiger partial charge in [0.2, 0.25) is 0 Å². The molecule has 5 heteroatoms. The summed E-state index contributed by atoms with van der Waals surface area (Å²) in [4.78, 5) is 22.9. The van der Waals surface area contributed by atoms with Crippen LogP contribution in [0.25, 0.3) is 0 Å². The molecule has 0 aromatic carbocycles. The first-order valence-electron chi connectivity index (χ1n) is 4.51. The number of Topliss-reactive ketones (excluding diaryl/α,β-unsaturated/α-hetero) is 1. The van der Waals surface area contributed by atoms with Crippen LogP contribution in [0.4, 0.5) is 0 Å². The Hall–Kier alpha value is -1.29. The molecule has 0 radical (unpaired) electrons. The Morgan fingerprint density at radius 2 is 2.33 bits per heavy atom. The molecule has 0 aliphatic heterocycles. The van der Waals surface area contributed by atoms with E-state index in [0.29, 0.717) is 12.0 Å². The highest BCUT2D eigenvalue weighted by Gasteiger charge is 2.33. The van der Waals surface area contributed by atoms with Crippen molar-refractivity contribution in [3.8, 4) is 0 Å². The topological polar surface area (TPSA) is 56.5 Å². The van der Waals surface area contributed by atoms with E-state index in [4.69, 9.17) is 16.0 Å². The monoisotopic (exact) mass is 228 g/mol. The van der Waals surface area contributed by atoms with Crippen molar-refractivity contribution in [3.05, 3.63) is 22.6 Å². The van der Waals surface area contributed by atoms with Crippen molar-refractivity contribution in [2.75, 3.05) is 7.11 Å². The summed E-state index contributed by atoms with van der Waals surface area (Å²) in [5.41, 5.74) is 0.687. The Bertz CT molecular complexity index is 421. The van der Waals surface area contributed by atoms with Crippen molar-refractivity contribution < 1.29 is 18.7 Å². The Kier molecular flexibility index (Phi) is 2.52. The number of fused-ring (bicyclic) bond motifs is 1. The molecule has 0 saturated carbocycles. The summed E-state index contributed by atoms with van der Waals surface area (Å²) >= 11 is 5.64. The molecule has 1 heterocycles. The van der Waals surface area contributed by atoms with E-state index in [0.717, 1.165) is 0 Å². The normalized spacial score (nSPS) is 19.9. The van der Waals surface area contributed by atoms with Crippen LogP contribution in [0.3, 0.4) is 0 Å². The van der Waals surface area contributed by atoms with Gasteiger partial charge in [0.15, 0.2) is 16.8 Å². The van der Waals surface area contributed by atoms with Gasteiger partial charge in [-0.1, -0.05) is 0 Å². The molecule has 2 rings (SSSR count). The van der Waals surface area contributed by atoms with Gasteiger partial charge in [-0.15, -0.1) is 0 Å². The van der Waals surface area contributed by atoms with Crippen molar-refractivity contribution in [2.24, 2.45) is 5.92 Å². The lowest BCUT2D eigenvalue weighted by Crippen LogP contribution is -2.26. The first-order chi connectivity index (χ1) is 7.11. The van der Waals surface area contributed by atoms with Gasteiger partial charge < -0.3 is 9.15 Å². The number of carbonyl (C=O) groups is 2. The van der Waals surface area contributed by atoms with Crippen LogP contribution in [-0.2, 0) is 16.0 Å². The zero-order valence-corrected chi connectivity index (χ0v) is 8.84. The predicted molar refractivity (Wildman–Crippen MR) is 51.9 cm³/mol. The SMILES string of the molecule is COC(=O)C1CC(=O)c2oc(Cl)cc2C1. The van der Waals surface area contributed by atoms with Gasteiger partial charge in [0.1, 0.15) is 0 Å². The molecule has 0 bridgehead atoms. The van der Waals surface area contributed by atoms with E-state index in [1.165, 1.54) is 7.11 Å². The highest BCUT2D eigenvalue weighted by Crippen LogP contribution is 2.30. The standard InChI is InChI=1S/C10H9ClO4/c1-14-10(13)6-2-5-4-8(11)15-9(5)7(12)3-6/h4,6H,2-3H2,1H3. The maximum atomic E-state index is 11.6. The second-order valence-electron chi connectivity index (χ2n) is 3.46. The summed E-state index contributed by atoms with van der Waals surface area (Å²) in [6, 6.07) is 1.57. The molecule has 15 heavy (non-hydrogen) atoms. The van der Waals surface area contributed by atoms with Crippen molar-refractivity contribution in [3.63, 3.8) is 0 Å². The van der Waals surface area contributed by atoms with Gasteiger partial charge >= 0.3 is 5.97 Å². The molecule has 1 unspecified atom stereocenters. The van der Waals surface area contributed by atoms with Gasteiger partial charge in [-0.05, 0) is 24.1 Å². The molecular formula is C10H9ClO4. The van der Waals surface area contributed by atoms with Crippen LogP contribution in [0.1, 0.15) is 22.5 Å². The molecule has 80 valence electrons. The maximum Gasteiger partial charge on any atom is 0.309 e. The molecule has 0 N–H and O–H groups in total. The third-order valence-corrected chi connectivity index (χ3v) is 2.65. The van der Waals surface area contributed by atoms with Crippen molar-refractivity contribution in [1.29, 1.82) is 0 Å². The minimum Gasteiger partial charge on any atom is -0.469 e. The van der Waals surface area contributed by atoms with Crippen molar-refractivity contribution in [2.45, 2.75) is 12.8 Å². The van der Waals surface area contributed by atoms with Crippen LogP contribution in [0.15, 0.2) is 10.5 Å². The number of carbonyl (C=O) groups excluding carboxylic acids is 2. The molecule has 0 saturated heterocycles. The zero-order valence-electron chi connectivity index (χ0n) is 8.08. The second-order valence-corrected chi connectivity index (χ2v) is 3.83.